The summed E-state index contributed by atoms with van der Waals surface area (Å²) in [6.07, 6.45) is 1.25. The molecule has 3 atom stereocenters. The molecule has 4 rings (SSSR count). The van der Waals surface area contributed by atoms with Crippen LogP contribution in [0.25, 0.3) is 0 Å². The van der Waals surface area contributed by atoms with Crippen LogP contribution in [0.3, 0.4) is 0 Å². The van der Waals surface area contributed by atoms with Crippen LogP contribution in [0.2, 0.25) is 0 Å². The van der Waals surface area contributed by atoms with Crippen molar-refractivity contribution in [2.24, 2.45) is 11.8 Å². The zero-order valence-corrected chi connectivity index (χ0v) is 17.5. The molecule has 0 aromatic heterocycles. The van der Waals surface area contributed by atoms with Crippen molar-refractivity contribution >= 4 is 20.0 Å². The van der Waals surface area contributed by atoms with Crippen LogP contribution in [0.15, 0.2) is 52.3 Å². The Morgan fingerprint density at radius 3 is 2.36 bits per heavy atom. The zero-order valence-electron chi connectivity index (χ0n) is 15.8. The fraction of sp³-hybridized carbons (Fsp3) is 0.400. The van der Waals surface area contributed by atoms with E-state index in [2.05, 4.69) is 9.44 Å². The molecule has 2 aliphatic heterocycles. The Morgan fingerprint density at radius 2 is 1.57 bits per heavy atom. The second-order valence-electron chi connectivity index (χ2n) is 7.92. The van der Waals surface area contributed by atoms with Crippen molar-refractivity contribution in [2.75, 3.05) is 6.54 Å². The summed E-state index contributed by atoms with van der Waals surface area (Å²) < 4.78 is 56.2. The van der Waals surface area contributed by atoms with E-state index in [1.165, 1.54) is 0 Å². The van der Waals surface area contributed by atoms with Gasteiger partial charge in [-0.3, -0.25) is 0 Å². The molecule has 0 aliphatic carbocycles. The molecule has 150 valence electrons. The van der Waals surface area contributed by atoms with Crippen molar-refractivity contribution in [3.63, 3.8) is 0 Å². The van der Waals surface area contributed by atoms with Gasteiger partial charge in [-0.25, -0.2) is 26.3 Å². The zero-order chi connectivity index (χ0) is 20.1. The molecule has 1 unspecified atom stereocenters. The Kier molecular flexibility index (Phi) is 4.86. The van der Waals surface area contributed by atoms with Crippen molar-refractivity contribution in [3.8, 4) is 0 Å². The van der Waals surface area contributed by atoms with Crippen LogP contribution < -0.4 is 9.44 Å². The second kappa shape index (κ2) is 6.95. The van der Waals surface area contributed by atoms with Gasteiger partial charge in [0.25, 0.3) is 0 Å². The minimum absolute atomic E-state index is 0.0226. The lowest BCUT2D eigenvalue weighted by Gasteiger charge is -2.23. The molecule has 2 aromatic carbocycles. The molecule has 0 amide bonds. The fourth-order valence-electron chi connectivity index (χ4n) is 4.13. The molecule has 2 heterocycles. The lowest BCUT2D eigenvalue weighted by atomic mass is 9.88. The van der Waals surface area contributed by atoms with E-state index in [9.17, 15) is 16.8 Å². The topological polar surface area (TPSA) is 92.3 Å². The molecule has 28 heavy (non-hydrogen) atoms. The average molecular weight is 421 g/mol. The highest BCUT2D eigenvalue weighted by atomic mass is 32.2. The number of hydrogen-bond donors (Lipinski definition) is 2. The molecule has 0 saturated carbocycles. The molecule has 0 radical (unpaired) electrons. The maximum absolute atomic E-state index is 12.9. The van der Waals surface area contributed by atoms with E-state index in [4.69, 9.17) is 0 Å². The minimum atomic E-state index is -3.65. The highest BCUT2D eigenvalue weighted by Crippen LogP contribution is 2.35. The van der Waals surface area contributed by atoms with Gasteiger partial charge in [-0.1, -0.05) is 44.2 Å². The summed E-state index contributed by atoms with van der Waals surface area (Å²) in [5.41, 5.74) is 2.34. The quantitative estimate of drug-likeness (QED) is 0.741. The molecule has 2 aliphatic rings. The second-order valence-corrected chi connectivity index (χ2v) is 11.3. The van der Waals surface area contributed by atoms with Gasteiger partial charge < -0.3 is 0 Å². The molecule has 8 heteroatoms. The first kappa shape index (κ1) is 19.6. The Morgan fingerprint density at radius 1 is 0.857 bits per heavy atom. The van der Waals surface area contributed by atoms with Crippen molar-refractivity contribution < 1.29 is 16.8 Å². The van der Waals surface area contributed by atoms with Gasteiger partial charge in [0.05, 0.1) is 9.79 Å². The highest BCUT2D eigenvalue weighted by Gasteiger charge is 2.33. The SMILES string of the molecule is C[C@H]1CNS(=O)(=O)c2ccc(C3NS(=O)(=O)c4ccccc4C[C@@H]3C)cc2C1. The van der Waals surface area contributed by atoms with Crippen LogP contribution >= 0.6 is 0 Å². The first-order valence-electron chi connectivity index (χ1n) is 9.40. The fourth-order valence-corrected chi connectivity index (χ4v) is 7.11. The third kappa shape index (κ3) is 3.50. The summed E-state index contributed by atoms with van der Waals surface area (Å²) in [5.74, 6) is 0.188. The first-order chi connectivity index (χ1) is 13.2. The molecule has 2 N–H and O–H groups in total. The Bertz CT molecular complexity index is 1130. The number of rotatable bonds is 1. The van der Waals surface area contributed by atoms with Gasteiger partial charge in [-0.05, 0) is 53.5 Å². The van der Waals surface area contributed by atoms with E-state index in [1.54, 1.807) is 24.3 Å². The summed E-state index contributed by atoms with van der Waals surface area (Å²) in [4.78, 5) is 0.604. The third-order valence-corrected chi connectivity index (χ3v) is 8.64. The normalized spacial score (nSPS) is 28.4. The molecular weight excluding hydrogens is 396 g/mol. The summed E-state index contributed by atoms with van der Waals surface area (Å²) in [7, 11) is -7.19. The Balaban J connectivity index is 1.78. The summed E-state index contributed by atoms with van der Waals surface area (Å²) in [5, 5.41) is 0. The van der Waals surface area contributed by atoms with Crippen LogP contribution in [0.5, 0.6) is 0 Å². The van der Waals surface area contributed by atoms with Gasteiger partial charge >= 0.3 is 0 Å². The molecule has 2 aromatic rings. The molecule has 0 fully saturated rings. The average Bonchev–Trinajstić information content (AvgIpc) is 2.82. The smallest absolute Gasteiger partial charge is 0.211 e. The van der Waals surface area contributed by atoms with Crippen LogP contribution in [-0.2, 0) is 32.9 Å². The molecule has 0 bridgehead atoms. The van der Waals surface area contributed by atoms with E-state index in [0.29, 0.717) is 24.3 Å². The molecular formula is C20H24N2O4S2. The number of fused-ring (bicyclic) bond motifs is 2. The number of hydrogen-bond acceptors (Lipinski definition) is 4. The van der Waals surface area contributed by atoms with E-state index in [1.807, 2.05) is 32.0 Å². The first-order valence-corrected chi connectivity index (χ1v) is 12.4. The van der Waals surface area contributed by atoms with Gasteiger partial charge in [0, 0.05) is 12.6 Å². The van der Waals surface area contributed by atoms with E-state index in [0.717, 1.165) is 16.7 Å². The third-order valence-electron chi connectivity index (χ3n) is 5.58. The number of benzene rings is 2. The summed E-state index contributed by atoms with van der Waals surface area (Å²) >= 11 is 0. The van der Waals surface area contributed by atoms with Gasteiger partial charge in [0.15, 0.2) is 0 Å². The lowest BCUT2D eigenvalue weighted by Crippen LogP contribution is -2.31. The van der Waals surface area contributed by atoms with Crippen molar-refractivity contribution in [3.05, 3.63) is 59.2 Å². The van der Waals surface area contributed by atoms with E-state index >= 15 is 0 Å². The number of sulfonamides is 2. The summed E-state index contributed by atoms with van der Waals surface area (Å²) in [6.45, 7) is 4.41. The van der Waals surface area contributed by atoms with Gasteiger partial charge in [0.2, 0.25) is 20.0 Å². The van der Waals surface area contributed by atoms with Gasteiger partial charge in [0.1, 0.15) is 0 Å². The minimum Gasteiger partial charge on any atom is -0.211 e. The number of nitrogens with one attached hydrogen (secondary N) is 2. The highest BCUT2D eigenvalue weighted by molar-refractivity contribution is 7.89. The van der Waals surface area contributed by atoms with Crippen molar-refractivity contribution in [2.45, 2.75) is 42.5 Å². The van der Waals surface area contributed by atoms with Crippen molar-refractivity contribution in [1.82, 2.24) is 9.44 Å². The standard InChI is InChI=1S/C20H24N2O4S2/c1-13-9-17-11-16(7-8-19(17)27(23,24)21-12-13)20-14(2)10-15-5-3-4-6-18(15)28(25,26)22-20/h3-8,11,13-14,20-22H,9-10,12H2,1-2H3/t13-,14+,20?/m1/s1. The predicted molar refractivity (Wildman–Crippen MR) is 107 cm³/mol. The molecule has 6 nitrogen and oxygen atoms in total. The Labute approximate surface area is 166 Å². The van der Waals surface area contributed by atoms with Crippen LogP contribution in [-0.4, -0.2) is 23.4 Å². The Hall–Kier alpha value is -1.74. The largest absolute Gasteiger partial charge is 0.241 e. The molecule has 0 spiro atoms. The van der Waals surface area contributed by atoms with Crippen LogP contribution in [0, 0.1) is 11.8 Å². The van der Waals surface area contributed by atoms with Crippen molar-refractivity contribution in [1.29, 1.82) is 0 Å². The maximum Gasteiger partial charge on any atom is 0.241 e. The van der Waals surface area contributed by atoms with Crippen LogP contribution in [0.1, 0.15) is 36.6 Å². The lowest BCUT2D eigenvalue weighted by molar-refractivity contribution is 0.437. The van der Waals surface area contributed by atoms with Crippen LogP contribution in [0.4, 0.5) is 0 Å². The van der Waals surface area contributed by atoms with E-state index < -0.39 is 26.1 Å². The maximum atomic E-state index is 12.9. The molecule has 0 saturated heterocycles. The monoisotopic (exact) mass is 420 g/mol. The van der Waals surface area contributed by atoms with Gasteiger partial charge in [-0.15, -0.1) is 0 Å². The predicted octanol–water partition coefficient (Wildman–Crippen LogP) is 2.37. The van der Waals surface area contributed by atoms with E-state index in [-0.39, 0.29) is 16.7 Å². The summed E-state index contributed by atoms with van der Waals surface area (Å²) in [6, 6.07) is 11.8. The van der Waals surface area contributed by atoms with Gasteiger partial charge in [-0.2, -0.15) is 0 Å².